The lowest BCUT2D eigenvalue weighted by atomic mass is 10.3. The second-order valence-corrected chi connectivity index (χ2v) is 2.56. The fourth-order valence-electron chi connectivity index (χ4n) is 0.828. The zero-order chi connectivity index (χ0) is 8.10. The number of unbranched alkanes of at least 4 members (excludes halogenated alkanes) is 1. The first-order valence-electron chi connectivity index (χ1n) is 3.93. The van der Waals surface area contributed by atoms with Crippen molar-refractivity contribution in [2.24, 2.45) is 0 Å². The van der Waals surface area contributed by atoms with Crippen LogP contribution in [0.25, 0.3) is 6.08 Å². The van der Waals surface area contributed by atoms with Crippen LogP contribution >= 0.6 is 0 Å². The number of rotatable bonds is 3. The number of aryl methyl sites for hydroxylation is 1. The molecule has 1 heterocycles. The molecule has 0 fully saturated rings. The zero-order valence-corrected chi connectivity index (χ0v) is 7.00. The summed E-state index contributed by atoms with van der Waals surface area (Å²) in [5, 5.41) is 3.77. The second-order valence-electron chi connectivity index (χ2n) is 2.56. The maximum absolute atomic E-state index is 4.97. The lowest BCUT2D eigenvalue weighted by molar-refractivity contribution is 0.408. The first-order valence-corrected chi connectivity index (χ1v) is 3.93. The van der Waals surface area contributed by atoms with Crippen molar-refractivity contribution >= 4 is 6.08 Å². The highest BCUT2D eigenvalue weighted by molar-refractivity contribution is 5.42. The van der Waals surface area contributed by atoms with Gasteiger partial charge in [0.2, 0.25) is 0 Å². The van der Waals surface area contributed by atoms with Gasteiger partial charge in [0.25, 0.3) is 0 Å². The highest BCUT2D eigenvalue weighted by Crippen LogP contribution is 2.04. The highest BCUT2D eigenvalue weighted by Gasteiger charge is 1.92. The molecular formula is C9H13NO. The molecule has 0 atom stereocenters. The molecule has 2 heteroatoms. The summed E-state index contributed by atoms with van der Waals surface area (Å²) in [6, 6.07) is 1.92. The summed E-state index contributed by atoms with van der Waals surface area (Å²) < 4.78 is 4.97. The minimum absolute atomic E-state index is 0.843. The number of hydrogen-bond acceptors (Lipinski definition) is 2. The molecule has 1 rings (SSSR count). The number of nitrogens with zero attached hydrogens (tertiary/aromatic N) is 1. The van der Waals surface area contributed by atoms with Crippen molar-refractivity contribution in [2.75, 3.05) is 0 Å². The van der Waals surface area contributed by atoms with E-state index in [1.54, 1.807) is 0 Å². The van der Waals surface area contributed by atoms with E-state index in [4.69, 9.17) is 4.52 Å². The fraction of sp³-hybridized carbons (Fsp3) is 0.444. The number of aromatic nitrogens is 1. The summed E-state index contributed by atoms with van der Waals surface area (Å²) >= 11 is 0. The Hall–Kier alpha value is -1.05. The van der Waals surface area contributed by atoms with E-state index in [2.05, 4.69) is 18.2 Å². The number of allylic oxidation sites excluding steroid dienone is 1. The van der Waals surface area contributed by atoms with E-state index in [1.165, 1.54) is 6.42 Å². The van der Waals surface area contributed by atoms with E-state index in [-0.39, 0.29) is 0 Å². The third kappa shape index (κ3) is 2.58. The van der Waals surface area contributed by atoms with Crippen molar-refractivity contribution in [1.29, 1.82) is 0 Å². The zero-order valence-electron chi connectivity index (χ0n) is 7.00. The first-order chi connectivity index (χ1) is 5.33. The molecule has 0 saturated carbocycles. The van der Waals surface area contributed by atoms with E-state index in [0.29, 0.717) is 0 Å². The van der Waals surface area contributed by atoms with Crippen molar-refractivity contribution in [3.05, 3.63) is 23.6 Å². The third-order valence-electron chi connectivity index (χ3n) is 1.38. The molecule has 0 aliphatic rings. The van der Waals surface area contributed by atoms with Crippen molar-refractivity contribution < 1.29 is 4.52 Å². The summed E-state index contributed by atoms with van der Waals surface area (Å²) in [4.78, 5) is 0. The smallest absolute Gasteiger partial charge is 0.159 e. The maximum atomic E-state index is 4.97. The SMILES string of the molecule is CCC/C=C/c1cc(C)no1. The van der Waals surface area contributed by atoms with Gasteiger partial charge in [-0.05, 0) is 19.4 Å². The summed E-state index contributed by atoms with van der Waals surface area (Å²) in [7, 11) is 0. The molecule has 0 aromatic carbocycles. The Balaban J connectivity index is 2.50. The van der Waals surface area contributed by atoms with Gasteiger partial charge in [0.1, 0.15) is 0 Å². The molecule has 0 radical (unpaired) electrons. The predicted molar refractivity (Wildman–Crippen MR) is 45.2 cm³/mol. The van der Waals surface area contributed by atoms with Crippen LogP contribution < -0.4 is 0 Å². The molecule has 2 nitrogen and oxygen atoms in total. The lowest BCUT2D eigenvalue weighted by Gasteiger charge is -1.81. The van der Waals surface area contributed by atoms with Crippen LogP contribution in [0.15, 0.2) is 16.7 Å². The van der Waals surface area contributed by atoms with Crippen LogP contribution in [-0.2, 0) is 0 Å². The van der Waals surface area contributed by atoms with Gasteiger partial charge in [-0.25, -0.2) is 0 Å². The average Bonchev–Trinajstić information content (AvgIpc) is 2.37. The van der Waals surface area contributed by atoms with Crippen molar-refractivity contribution in [1.82, 2.24) is 5.16 Å². The summed E-state index contributed by atoms with van der Waals surface area (Å²) in [6.07, 6.45) is 6.33. The first kappa shape index (κ1) is 8.05. The molecule has 0 amide bonds. The average molecular weight is 151 g/mol. The van der Waals surface area contributed by atoms with Gasteiger partial charge in [-0.15, -0.1) is 0 Å². The van der Waals surface area contributed by atoms with Crippen LogP contribution in [0, 0.1) is 6.92 Å². The van der Waals surface area contributed by atoms with Gasteiger partial charge in [-0.1, -0.05) is 24.6 Å². The molecule has 0 N–H and O–H groups in total. The molecule has 0 unspecified atom stereocenters. The third-order valence-corrected chi connectivity index (χ3v) is 1.38. The summed E-state index contributed by atoms with van der Waals surface area (Å²) in [5.74, 6) is 0.843. The molecule has 0 spiro atoms. The quantitative estimate of drug-likeness (QED) is 0.663. The molecule has 1 aromatic rings. The highest BCUT2D eigenvalue weighted by atomic mass is 16.5. The molecule has 11 heavy (non-hydrogen) atoms. The minimum Gasteiger partial charge on any atom is -0.357 e. The van der Waals surface area contributed by atoms with Gasteiger partial charge in [0, 0.05) is 6.07 Å². The standard InChI is InChI=1S/C9H13NO/c1-3-4-5-6-9-7-8(2)10-11-9/h5-7H,3-4H2,1-2H3/b6-5+. The Labute approximate surface area is 66.9 Å². The largest absolute Gasteiger partial charge is 0.357 e. The number of hydrogen-bond donors (Lipinski definition) is 0. The predicted octanol–water partition coefficient (Wildman–Crippen LogP) is 2.80. The molecular weight excluding hydrogens is 138 g/mol. The van der Waals surface area contributed by atoms with Gasteiger partial charge in [0.15, 0.2) is 5.76 Å². The molecule has 0 bridgehead atoms. The topological polar surface area (TPSA) is 26.0 Å². The van der Waals surface area contributed by atoms with E-state index < -0.39 is 0 Å². The molecule has 1 aromatic heterocycles. The normalized spacial score (nSPS) is 11.1. The fourth-order valence-corrected chi connectivity index (χ4v) is 0.828. The molecule has 0 aliphatic carbocycles. The summed E-state index contributed by atoms with van der Waals surface area (Å²) in [6.45, 7) is 4.07. The Bertz CT molecular complexity index is 237. The van der Waals surface area contributed by atoms with Gasteiger partial charge < -0.3 is 4.52 Å². The lowest BCUT2D eigenvalue weighted by Crippen LogP contribution is -1.62. The Morgan fingerprint density at radius 1 is 1.64 bits per heavy atom. The molecule has 0 aliphatic heterocycles. The van der Waals surface area contributed by atoms with Gasteiger partial charge >= 0.3 is 0 Å². The van der Waals surface area contributed by atoms with Crippen molar-refractivity contribution in [3.8, 4) is 0 Å². The van der Waals surface area contributed by atoms with Crippen molar-refractivity contribution in [3.63, 3.8) is 0 Å². The van der Waals surface area contributed by atoms with Crippen LogP contribution in [0.4, 0.5) is 0 Å². The Morgan fingerprint density at radius 3 is 3.00 bits per heavy atom. The van der Waals surface area contributed by atoms with E-state index in [1.807, 2.05) is 19.1 Å². The Kier molecular flexibility index (Phi) is 2.90. The Morgan fingerprint density at radius 2 is 2.45 bits per heavy atom. The van der Waals surface area contributed by atoms with E-state index in [9.17, 15) is 0 Å². The van der Waals surface area contributed by atoms with Crippen LogP contribution in [0.5, 0.6) is 0 Å². The van der Waals surface area contributed by atoms with E-state index in [0.717, 1.165) is 17.9 Å². The van der Waals surface area contributed by atoms with Crippen LogP contribution in [-0.4, -0.2) is 5.16 Å². The molecule has 60 valence electrons. The minimum atomic E-state index is 0.843. The van der Waals surface area contributed by atoms with Crippen LogP contribution in [0.3, 0.4) is 0 Å². The van der Waals surface area contributed by atoms with Crippen molar-refractivity contribution in [2.45, 2.75) is 26.7 Å². The maximum Gasteiger partial charge on any atom is 0.159 e. The van der Waals surface area contributed by atoms with Crippen LogP contribution in [0.1, 0.15) is 31.2 Å². The molecule has 0 saturated heterocycles. The van der Waals surface area contributed by atoms with Gasteiger partial charge in [-0.3, -0.25) is 0 Å². The van der Waals surface area contributed by atoms with Gasteiger partial charge in [-0.2, -0.15) is 0 Å². The van der Waals surface area contributed by atoms with Crippen LogP contribution in [0.2, 0.25) is 0 Å². The van der Waals surface area contributed by atoms with E-state index >= 15 is 0 Å². The second kappa shape index (κ2) is 3.96. The van der Waals surface area contributed by atoms with Gasteiger partial charge in [0.05, 0.1) is 5.69 Å². The monoisotopic (exact) mass is 151 g/mol. The summed E-state index contributed by atoms with van der Waals surface area (Å²) in [5.41, 5.74) is 0.932.